The van der Waals surface area contributed by atoms with E-state index in [0.29, 0.717) is 36.9 Å². The molecule has 1 heterocycles. The van der Waals surface area contributed by atoms with E-state index in [2.05, 4.69) is 5.32 Å². The number of ether oxygens (including phenoxy) is 1. The van der Waals surface area contributed by atoms with Crippen LogP contribution < -0.4 is 10.1 Å². The van der Waals surface area contributed by atoms with Crippen molar-refractivity contribution in [1.29, 1.82) is 0 Å². The highest BCUT2D eigenvalue weighted by molar-refractivity contribution is 6.30. The van der Waals surface area contributed by atoms with Gasteiger partial charge < -0.3 is 15.0 Å². The molecule has 0 spiro atoms. The number of amides is 2. The molecule has 1 saturated heterocycles. The number of carbonyl (C=O) groups excluding carboxylic acids is 2. The fraction of sp³-hybridized carbons (Fsp3) is 0.500. The van der Waals surface area contributed by atoms with Gasteiger partial charge >= 0.3 is 0 Å². The van der Waals surface area contributed by atoms with Gasteiger partial charge in [0.15, 0.2) is 0 Å². The monoisotopic (exact) mass is 324 g/mol. The van der Waals surface area contributed by atoms with Crippen molar-refractivity contribution < 1.29 is 14.3 Å². The summed E-state index contributed by atoms with van der Waals surface area (Å²) in [5, 5.41) is 3.42. The maximum atomic E-state index is 11.8. The molecule has 0 bridgehead atoms. The highest BCUT2D eigenvalue weighted by Crippen LogP contribution is 2.15. The molecule has 120 valence electrons. The molecule has 2 amide bonds. The summed E-state index contributed by atoms with van der Waals surface area (Å²) in [4.78, 5) is 25.3. The van der Waals surface area contributed by atoms with Crippen LogP contribution >= 0.6 is 11.6 Å². The van der Waals surface area contributed by atoms with E-state index in [1.807, 2.05) is 0 Å². The Kier molecular flexibility index (Phi) is 6.52. The first-order chi connectivity index (χ1) is 10.6. The highest BCUT2D eigenvalue weighted by Gasteiger charge is 2.18. The maximum absolute atomic E-state index is 11.8. The summed E-state index contributed by atoms with van der Waals surface area (Å²) < 4.78 is 5.49. The van der Waals surface area contributed by atoms with Gasteiger partial charge in [0.1, 0.15) is 12.4 Å². The van der Waals surface area contributed by atoms with Crippen molar-refractivity contribution in [2.24, 2.45) is 0 Å². The summed E-state index contributed by atoms with van der Waals surface area (Å²) in [7, 11) is 0. The summed E-state index contributed by atoms with van der Waals surface area (Å²) >= 11 is 5.79. The molecule has 2 rings (SSSR count). The van der Waals surface area contributed by atoms with Crippen LogP contribution in [-0.2, 0) is 9.59 Å². The Labute approximate surface area is 135 Å². The lowest BCUT2D eigenvalue weighted by molar-refractivity contribution is -0.135. The highest BCUT2D eigenvalue weighted by atomic mass is 35.5. The molecule has 0 unspecified atom stereocenters. The van der Waals surface area contributed by atoms with Gasteiger partial charge in [0.05, 0.1) is 13.1 Å². The van der Waals surface area contributed by atoms with Gasteiger partial charge in [0.25, 0.3) is 0 Å². The lowest BCUT2D eigenvalue weighted by Crippen LogP contribution is -2.41. The van der Waals surface area contributed by atoms with Crippen LogP contribution in [0.4, 0.5) is 0 Å². The van der Waals surface area contributed by atoms with Gasteiger partial charge in [-0.25, -0.2) is 0 Å². The van der Waals surface area contributed by atoms with E-state index in [4.69, 9.17) is 16.3 Å². The number of rotatable bonds is 6. The van der Waals surface area contributed by atoms with Crippen molar-refractivity contribution in [2.75, 3.05) is 26.2 Å². The van der Waals surface area contributed by atoms with E-state index >= 15 is 0 Å². The summed E-state index contributed by atoms with van der Waals surface area (Å²) in [5.41, 5.74) is 0. The van der Waals surface area contributed by atoms with Crippen LogP contribution in [0.1, 0.15) is 25.7 Å². The molecule has 1 fully saturated rings. The predicted molar refractivity (Wildman–Crippen MR) is 85.0 cm³/mol. The number of nitrogens with one attached hydrogen (secondary N) is 1. The number of carbonyl (C=O) groups is 2. The van der Waals surface area contributed by atoms with Gasteiger partial charge in [-0.2, -0.15) is 0 Å². The van der Waals surface area contributed by atoms with E-state index in [1.165, 1.54) is 0 Å². The third-order valence-electron chi connectivity index (χ3n) is 3.51. The van der Waals surface area contributed by atoms with Crippen LogP contribution in [0, 0.1) is 0 Å². The van der Waals surface area contributed by atoms with E-state index in [1.54, 1.807) is 29.2 Å². The first-order valence-electron chi connectivity index (χ1n) is 7.58. The molecule has 1 aromatic carbocycles. The van der Waals surface area contributed by atoms with Crippen LogP contribution in [0.25, 0.3) is 0 Å². The normalized spacial score (nSPS) is 15.3. The van der Waals surface area contributed by atoms with Crippen molar-refractivity contribution in [1.82, 2.24) is 10.2 Å². The Morgan fingerprint density at radius 3 is 2.77 bits per heavy atom. The predicted octanol–water partition coefficient (Wildman–Crippen LogP) is 2.24. The Balaban J connectivity index is 1.64. The standard InChI is InChI=1S/C16H21ClN2O3/c17-13-5-7-14(8-6-13)22-11-9-18-15(20)12-19-10-3-1-2-4-16(19)21/h5-8H,1-4,9-12H2,(H,18,20). The van der Waals surface area contributed by atoms with Crippen LogP contribution in [0.2, 0.25) is 5.02 Å². The summed E-state index contributed by atoms with van der Waals surface area (Å²) in [6, 6.07) is 7.06. The SMILES string of the molecule is O=C(CN1CCCCCC1=O)NCCOc1ccc(Cl)cc1. The molecular formula is C16H21ClN2O3. The Morgan fingerprint density at radius 2 is 2.00 bits per heavy atom. The van der Waals surface area contributed by atoms with Crippen molar-refractivity contribution in [3.63, 3.8) is 0 Å². The van der Waals surface area contributed by atoms with Gasteiger partial charge in [-0.15, -0.1) is 0 Å². The van der Waals surface area contributed by atoms with Crippen LogP contribution in [0.15, 0.2) is 24.3 Å². The fourth-order valence-corrected chi connectivity index (χ4v) is 2.45. The molecule has 0 atom stereocenters. The number of halogens is 1. The Bertz CT molecular complexity index is 505. The zero-order valence-electron chi connectivity index (χ0n) is 12.5. The number of likely N-dealkylation sites (tertiary alicyclic amines) is 1. The molecule has 0 radical (unpaired) electrons. The topological polar surface area (TPSA) is 58.6 Å². The molecule has 5 nitrogen and oxygen atoms in total. The molecule has 0 aliphatic carbocycles. The van der Waals surface area contributed by atoms with Crippen molar-refractivity contribution in [2.45, 2.75) is 25.7 Å². The quantitative estimate of drug-likeness (QED) is 0.816. The first-order valence-corrected chi connectivity index (χ1v) is 7.96. The van der Waals surface area contributed by atoms with Crippen molar-refractivity contribution in [3.05, 3.63) is 29.3 Å². The molecule has 1 aromatic rings. The minimum atomic E-state index is -0.144. The first kappa shape index (κ1) is 16.6. The molecule has 22 heavy (non-hydrogen) atoms. The second-order valence-electron chi connectivity index (χ2n) is 5.28. The smallest absolute Gasteiger partial charge is 0.239 e. The molecular weight excluding hydrogens is 304 g/mol. The molecule has 0 saturated carbocycles. The fourth-order valence-electron chi connectivity index (χ4n) is 2.33. The average Bonchev–Trinajstić information content (AvgIpc) is 2.71. The average molecular weight is 325 g/mol. The lowest BCUT2D eigenvalue weighted by Gasteiger charge is -2.19. The molecule has 1 aliphatic rings. The third-order valence-corrected chi connectivity index (χ3v) is 3.76. The second-order valence-corrected chi connectivity index (χ2v) is 5.71. The molecule has 1 aliphatic heterocycles. The maximum Gasteiger partial charge on any atom is 0.239 e. The molecule has 0 aromatic heterocycles. The van der Waals surface area contributed by atoms with E-state index in [0.717, 1.165) is 19.3 Å². The van der Waals surface area contributed by atoms with E-state index < -0.39 is 0 Å². The van der Waals surface area contributed by atoms with E-state index in [9.17, 15) is 9.59 Å². The number of hydrogen-bond donors (Lipinski definition) is 1. The van der Waals surface area contributed by atoms with Crippen molar-refractivity contribution >= 4 is 23.4 Å². The third kappa shape index (κ3) is 5.56. The van der Waals surface area contributed by atoms with Gasteiger partial charge in [0, 0.05) is 18.0 Å². The summed E-state index contributed by atoms with van der Waals surface area (Å²) in [6.45, 7) is 1.60. The van der Waals surface area contributed by atoms with Crippen LogP contribution in [0.5, 0.6) is 5.75 Å². The van der Waals surface area contributed by atoms with Gasteiger partial charge in [-0.1, -0.05) is 18.0 Å². The summed E-state index contributed by atoms with van der Waals surface area (Å²) in [6.07, 6.45) is 3.50. The number of hydrogen-bond acceptors (Lipinski definition) is 3. The number of nitrogens with zero attached hydrogens (tertiary/aromatic N) is 1. The van der Waals surface area contributed by atoms with Crippen LogP contribution in [-0.4, -0.2) is 43.0 Å². The van der Waals surface area contributed by atoms with Crippen molar-refractivity contribution in [3.8, 4) is 5.75 Å². The Hall–Kier alpha value is -1.75. The van der Waals surface area contributed by atoms with Gasteiger partial charge in [-0.05, 0) is 37.1 Å². The minimum Gasteiger partial charge on any atom is -0.492 e. The zero-order chi connectivity index (χ0) is 15.8. The minimum absolute atomic E-state index is 0.0741. The largest absolute Gasteiger partial charge is 0.492 e. The van der Waals surface area contributed by atoms with Crippen LogP contribution in [0.3, 0.4) is 0 Å². The van der Waals surface area contributed by atoms with E-state index in [-0.39, 0.29) is 18.4 Å². The molecule has 6 heteroatoms. The lowest BCUT2D eigenvalue weighted by atomic mass is 10.2. The van der Waals surface area contributed by atoms with Gasteiger partial charge in [-0.3, -0.25) is 9.59 Å². The Morgan fingerprint density at radius 1 is 1.23 bits per heavy atom. The zero-order valence-corrected chi connectivity index (χ0v) is 13.3. The number of benzene rings is 1. The second kappa shape index (κ2) is 8.63. The summed E-state index contributed by atoms with van der Waals surface area (Å²) in [5.74, 6) is 0.640. The molecule has 1 N–H and O–H groups in total. The van der Waals surface area contributed by atoms with Gasteiger partial charge in [0.2, 0.25) is 11.8 Å².